The van der Waals surface area contributed by atoms with Gasteiger partial charge in [0.05, 0.1) is 13.0 Å². The van der Waals surface area contributed by atoms with Gasteiger partial charge in [-0.2, -0.15) is 0 Å². The number of hydrogen-bond acceptors (Lipinski definition) is 3. The number of carbonyl (C=O) groups excluding carboxylic acids is 2. The second kappa shape index (κ2) is 6.48. The van der Waals surface area contributed by atoms with Crippen molar-refractivity contribution in [1.82, 2.24) is 4.90 Å². The molecule has 0 bridgehead atoms. The van der Waals surface area contributed by atoms with Crippen molar-refractivity contribution in [2.75, 3.05) is 13.1 Å². The van der Waals surface area contributed by atoms with E-state index in [1.165, 1.54) is 24.3 Å². The predicted octanol–water partition coefficient (Wildman–Crippen LogP) is -0.233. The highest BCUT2D eigenvalue weighted by Crippen LogP contribution is 2.06. The number of carboxylic acids is 1. The first-order chi connectivity index (χ1) is 8.88. The predicted molar refractivity (Wildman–Crippen MR) is 63.5 cm³/mol. The molecule has 0 aliphatic rings. The molecule has 0 aromatic heterocycles. The van der Waals surface area contributed by atoms with Gasteiger partial charge in [0.2, 0.25) is 11.8 Å². The van der Waals surface area contributed by atoms with Gasteiger partial charge < -0.3 is 15.7 Å². The summed E-state index contributed by atoms with van der Waals surface area (Å²) in [5.74, 6) is -3.17. The lowest BCUT2D eigenvalue weighted by Crippen LogP contribution is -2.42. The van der Waals surface area contributed by atoms with Crippen LogP contribution in [0.4, 0.5) is 4.39 Å². The summed E-state index contributed by atoms with van der Waals surface area (Å²) in [4.78, 5) is 34.0. The number of rotatable bonds is 6. The van der Waals surface area contributed by atoms with Gasteiger partial charge in [0.25, 0.3) is 0 Å². The van der Waals surface area contributed by atoms with Crippen molar-refractivity contribution in [3.63, 3.8) is 0 Å². The van der Waals surface area contributed by atoms with Crippen LogP contribution in [-0.2, 0) is 20.8 Å². The number of nitrogens with zero attached hydrogens (tertiary/aromatic N) is 1. The maximum atomic E-state index is 12.9. The third kappa shape index (κ3) is 5.15. The fourth-order valence-electron chi connectivity index (χ4n) is 1.52. The molecule has 102 valence electrons. The average molecular weight is 268 g/mol. The van der Waals surface area contributed by atoms with Crippen LogP contribution in [0.15, 0.2) is 24.3 Å². The number of amides is 2. The second-order valence-corrected chi connectivity index (χ2v) is 3.92. The van der Waals surface area contributed by atoms with E-state index in [0.29, 0.717) is 5.56 Å². The lowest BCUT2D eigenvalue weighted by atomic mass is 10.1. The molecule has 0 spiro atoms. The fourth-order valence-corrected chi connectivity index (χ4v) is 1.52. The molecule has 1 aromatic rings. The summed E-state index contributed by atoms with van der Waals surface area (Å²) in [7, 11) is 0. The third-order valence-corrected chi connectivity index (χ3v) is 2.27. The van der Waals surface area contributed by atoms with Gasteiger partial charge in [0.15, 0.2) is 0 Å². The zero-order valence-corrected chi connectivity index (χ0v) is 10.0. The molecule has 1 rings (SSSR count). The molecule has 19 heavy (non-hydrogen) atoms. The van der Waals surface area contributed by atoms with Crippen LogP contribution in [0, 0.1) is 5.82 Å². The molecule has 6 nitrogen and oxygen atoms in total. The molecule has 2 amide bonds. The highest BCUT2D eigenvalue weighted by molar-refractivity contribution is 5.87. The van der Waals surface area contributed by atoms with Gasteiger partial charge in [-0.1, -0.05) is 12.1 Å². The van der Waals surface area contributed by atoms with Crippen molar-refractivity contribution in [2.24, 2.45) is 5.73 Å². The highest BCUT2D eigenvalue weighted by Gasteiger charge is 2.19. The minimum atomic E-state index is -1.26. The van der Waals surface area contributed by atoms with Gasteiger partial charge in [-0.05, 0) is 17.7 Å². The van der Waals surface area contributed by atoms with Gasteiger partial charge in [0.1, 0.15) is 12.4 Å². The highest BCUT2D eigenvalue weighted by atomic mass is 19.1. The van der Waals surface area contributed by atoms with Crippen molar-refractivity contribution in [3.8, 4) is 0 Å². The van der Waals surface area contributed by atoms with Crippen molar-refractivity contribution in [3.05, 3.63) is 35.6 Å². The number of nitrogens with two attached hydrogens (primary N) is 1. The number of primary amides is 1. The lowest BCUT2D eigenvalue weighted by molar-refractivity contribution is -0.145. The van der Waals surface area contributed by atoms with Crippen LogP contribution in [0.2, 0.25) is 0 Å². The van der Waals surface area contributed by atoms with E-state index in [4.69, 9.17) is 10.8 Å². The topological polar surface area (TPSA) is 101 Å². The number of benzene rings is 1. The Morgan fingerprint density at radius 2 is 1.95 bits per heavy atom. The van der Waals surface area contributed by atoms with Crippen molar-refractivity contribution in [2.45, 2.75) is 6.42 Å². The number of halogens is 1. The Kier molecular flexibility index (Phi) is 4.99. The zero-order valence-electron chi connectivity index (χ0n) is 10.0. The first-order valence-electron chi connectivity index (χ1n) is 5.41. The van der Waals surface area contributed by atoms with Crippen LogP contribution < -0.4 is 5.73 Å². The maximum absolute atomic E-state index is 12.9. The maximum Gasteiger partial charge on any atom is 0.323 e. The summed E-state index contributed by atoms with van der Waals surface area (Å²) in [5.41, 5.74) is 5.33. The molecule has 0 radical (unpaired) electrons. The van der Waals surface area contributed by atoms with Crippen LogP contribution >= 0.6 is 0 Å². The Bertz CT molecular complexity index is 488. The summed E-state index contributed by atoms with van der Waals surface area (Å²) in [6, 6.07) is 5.37. The molecule has 0 heterocycles. The van der Waals surface area contributed by atoms with Crippen LogP contribution in [0.3, 0.4) is 0 Å². The van der Waals surface area contributed by atoms with E-state index in [2.05, 4.69) is 0 Å². The molecule has 1 aromatic carbocycles. The van der Waals surface area contributed by atoms with Gasteiger partial charge in [-0.25, -0.2) is 4.39 Å². The molecular weight excluding hydrogens is 255 g/mol. The van der Waals surface area contributed by atoms with E-state index in [1.807, 2.05) is 0 Å². The monoisotopic (exact) mass is 268 g/mol. The number of hydrogen-bond donors (Lipinski definition) is 2. The van der Waals surface area contributed by atoms with E-state index in [-0.39, 0.29) is 6.42 Å². The largest absolute Gasteiger partial charge is 0.480 e. The molecule has 3 N–H and O–H groups in total. The zero-order chi connectivity index (χ0) is 14.4. The Morgan fingerprint density at radius 1 is 1.26 bits per heavy atom. The van der Waals surface area contributed by atoms with Crippen molar-refractivity contribution >= 4 is 17.8 Å². The van der Waals surface area contributed by atoms with Gasteiger partial charge >= 0.3 is 5.97 Å². The Morgan fingerprint density at radius 3 is 2.47 bits per heavy atom. The summed E-state index contributed by atoms with van der Waals surface area (Å²) in [5, 5.41) is 8.65. The Hall–Kier alpha value is -2.44. The quantitative estimate of drug-likeness (QED) is 0.744. The first kappa shape index (κ1) is 14.6. The van der Waals surface area contributed by atoms with Gasteiger partial charge in [-0.3, -0.25) is 14.4 Å². The summed E-state index contributed by atoms with van der Waals surface area (Å²) < 4.78 is 12.9. The van der Waals surface area contributed by atoms with E-state index < -0.39 is 36.7 Å². The van der Waals surface area contributed by atoms with E-state index in [1.54, 1.807) is 0 Å². The minimum absolute atomic E-state index is 0.196. The van der Waals surface area contributed by atoms with E-state index >= 15 is 0 Å². The first-order valence-corrected chi connectivity index (χ1v) is 5.41. The Labute approximate surface area is 108 Å². The minimum Gasteiger partial charge on any atom is -0.480 e. The molecule has 0 unspecified atom stereocenters. The lowest BCUT2D eigenvalue weighted by Gasteiger charge is -2.18. The smallest absolute Gasteiger partial charge is 0.323 e. The standard InChI is InChI=1S/C12H13FN2O4/c13-9-3-1-2-8(4-9)5-11(17)15(6-10(14)16)7-12(18)19/h1-4H,5-7H2,(H2,14,16)(H,18,19). The second-order valence-electron chi connectivity index (χ2n) is 3.92. The van der Waals surface area contributed by atoms with Crippen molar-refractivity contribution in [1.29, 1.82) is 0 Å². The van der Waals surface area contributed by atoms with E-state index in [0.717, 1.165) is 4.90 Å². The summed E-state index contributed by atoms with van der Waals surface area (Å²) >= 11 is 0. The normalized spacial score (nSPS) is 9.95. The van der Waals surface area contributed by atoms with Crippen LogP contribution in [-0.4, -0.2) is 40.9 Å². The van der Waals surface area contributed by atoms with E-state index in [9.17, 15) is 18.8 Å². The van der Waals surface area contributed by atoms with Crippen LogP contribution in [0.1, 0.15) is 5.56 Å². The molecule has 0 saturated heterocycles. The van der Waals surface area contributed by atoms with Crippen LogP contribution in [0.25, 0.3) is 0 Å². The SMILES string of the molecule is NC(=O)CN(CC(=O)O)C(=O)Cc1cccc(F)c1. The summed E-state index contributed by atoms with van der Waals surface area (Å²) in [6.45, 7) is -1.11. The number of carbonyl (C=O) groups is 3. The van der Waals surface area contributed by atoms with Gasteiger partial charge in [-0.15, -0.1) is 0 Å². The van der Waals surface area contributed by atoms with Crippen LogP contribution in [0.5, 0.6) is 0 Å². The molecule has 0 atom stereocenters. The molecule has 0 fully saturated rings. The third-order valence-electron chi connectivity index (χ3n) is 2.27. The average Bonchev–Trinajstić information content (AvgIpc) is 2.26. The molecule has 0 saturated carbocycles. The fraction of sp³-hybridized carbons (Fsp3) is 0.250. The molecular formula is C12H13FN2O4. The number of aliphatic carboxylic acids is 1. The number of carboxylic acid groups (broad SMARTS) is 1. The Balaban J connectivity index is 2.76. The van der Waals surface area contributed by atoms with Crippen molar-refractivity contribution < 1.29 is 23.9 Å². The molecule has 0 aliphatic carbocycles. The summed E-state index contributed by atoms with van der Waals surface area (Å²) in [6.07, 6.45) is -0.196. The molecule has 7 heteroatoms. The molecule has 0 aliphatic heterocycles. The van der Waals surface area contributed by atoms with Gasteiger partial charge in [0, 0.05) is 0 Å².